The molecule has 0 spiro atoms. The van der Waals surface area contributed by atoms with Crippen LogP contribution in [-0.4, -0.2) is 14.1 Å². The summed E-state index contributed by atoms with van der Waals surface area (Å²) in [5, 5.41) is 2.11. The largest absolute Gasteiger partial charge is 0.458 e. The summed E-state index contributed by atoms with van der Waals surface area (Å²) in [6.45, 7) is 2.12. The maximum absolute atomic E-state index is 9.02. The van der Waals surface area contributed by atoms with Crippen LogP contribution in [0.5, 0.6) is 11.5 Å². The van der Waals surface area contributed by atoms with Gasteiger partial charge in [-0.25, -0.2) is 4.98 Å². The van der Waals surface area contributed by atoms with Crippen LogP contribution in [0.4, 0.5) is 0 Å². The van der Waals surface area contributed by atoms with Crippen molar-refractivity contribution in [1.82, 2.24) is 14.1 Å². The van der Waals surface area contributed by atoms with Gasteiger partial charge in [-0.3, -0.25) is 13.7 Å². The summed E-state index contributed by atoms with van der Waals surface area (Å²) >= 11 is 0. The number of benzene rings is 8. The summed E-state index contributed by atoms with van der Waals surface area (Å²) in [5.41, 5.74) is 7.38. The fraction of sp³-hybridized carbons (Fsp3) is 0.0357. The molecule has 0 bridgehead atoms. The van der Waals surface area contributed by atoms with Crippen molar-refractivity contribution in [2.45, 2.75) is 13.3 Å². The molecule has 61 heavy (non-hydrogen) atoms. The highest BCUT2D eigenvalue weighted by Crippen LogP contribution is 2.38. The van der Waals surface area contributed by atoms with E-state index in [0.29, 0.717) is 28.2 Å². The van der Waals surface area contributed by atoms with Gasteiger partial charge >= 0.3 is 0 Å². The van der Waals surface area contributed by atoms with Crippen molar-refractivity contribution in [2.24, 2.45) is 0 Å². The fourth-order valence-electron chi connectivity index (χ4n) is 8.12. The van der Waals surface area contributed by atoms with Crippen LogP contribution in [-0.2, 0) is 6.42 Å². The second-order valence-electron chi connectivity index (χ2n) is 14.5. The smallest absolute Gasteiger partial charge is 0.269 e. The number of para-hydroxylation sites is 3. The van der Waals surface area contributed by atoms with Gasteiger partial charge in [0.15, 0.2) is 0 Å². The molecule has 3 aromatic heterocycles. The highest BCUT2D eigenvalue weighted by atomic mass is 16.5. The van der Waals surface area contributed by atoms with Crippen molar-refractivity contribution in [1.29, 1.82) is 0 Å². The van der Waals surface area contributed by atoms with E-state index in [2.05, 4.69) is 60.3 Å². The number of pyridine rings is 1. The number of rotatable bonds is 9. The first-order chi connectivity index (χ1) is 34.3. The third kappa shape index (κ3) is 6.53. The van der Waals surface area contributed by atoms with Crippen LogP contribution in [0.3, 0.4) is 0 Å². The average molecular weight is 795 g/mol. The predicted molar refractivity (Wildman–Crippen MR) is 248 cm³/mol. The average Bonchev–Trinajstić information content (AvgIpc) is 3.94. The molecule has 0 aliphatic rings. The SMILES string of the molecule is [2H]c1c([2H])c([2H])c(-c2cccc(-c3c([2H])c([2H])c([2H])c([2H])c3[2H])c2-[n+]2[c-]n(-c3cccc(Oc4ccc5c6cc(-c7ccccc7)ccc6n(-c6cc(CC)ccn6)c5c4)c3)c3ccccc32)c([2H])c1[2H]. The Morgan fingerprint density at radius 2 is 1.30 bits per heavy atom. The molecule has 0 unspecified atom stereocenters. The monoisotopic (exact) mass is 794 g/mol. The summed E-state index contributed by atoms with van der Waals surface area (Å²) in [6.07, 6.45) is 6.14. The topological polar surface area (TPSA) is 35.9 Å². The van der Waals surface area contributed by atoms with E-state index >= 15 is 0 Å². The Morgan fingerprint density at radius 3 is 2.07 bits per heavy atom. The van der Waals surface area contributed by atoms with Crippen molar-refractivity contribution in [3.05, 3.63) is 224 Å². The number of nitrogens with zero attached hydrogens (tertiary/aromatic N) is 4. The lowest BCUT2D eigenvalue weighted by atomic mass is 9.95. The number of aryl methyl sites for hydroxylation is 1. The molecular weight excluding hydrogens is 745 g/mol. The first kappa shape index (κ1) is 26.9. The van der Waals surface area contributed by atoms with E-state index in [1.165, 1.54) is 0 Å². The van der Waals surface area contributed by atoms with E-state index in [1.54, 1.807) is 27.3 Å². The van der Waals surface area contributed by atoms with Gasteiger partial charge in [-0.05, 0) is 100.0 Å². The summed E-state index contributed by atoms with van der Waals surface area (Å²) in [5.74, 6) is 1.89. The quantitative estimate of drug-likeness (QED) is 0.108. The Hall–Kier alpha value is -8.02. The number of fused-ring (bicyclic) bond motifs is 4. The van der Waals surface area contributed by atoms with Crippen molar-refractivity contribution in [2.75, 3.05) is 0 Å². The van der Waals surface area contributed by atoms with Gasteiger partial charge < -0.3 is 4.74 Å². The number of hydrogen-bond donors (Lipinski definition) is 0. The molecular formula is C56H40N4O. The molecule has 0 atom stereocenters. The lowest BCUT2D eigenvalue weighted by Crippen LogP contribution is -2.31. The molecule has 5 nitrogen and oxygen atoms in total. The third-order valence-corrected chi connectivity index (χ3v) is 11.0. The second-order valence-corrected chi connectivity index (χ2v) is 14.5. The summed E-state index contributed by atoms with van der Waals surface area (Å²) in [6, 6.07) is 41.4. The minimum atomic E-state index is -0.566. The molecule has 0 saturated heterocycles. The third-order valence-electron chi connectivity index (χ3n) is 11.0. The van der Waals surface area contributed by atoms with Crippen LogP contribution in [0, 0.1) is 6.33 Å². The molecule has 8 aromatic carbocycles. The first-order valence-corrected chi connectivity index (χ1v) is 19.9. The van der Waals surface area contributed by atoms with Crippen molar-refractivity contribution in [3.8, 4) is 62.1 Å². The maximum Gasteiger partial charge on any atom is 0.269 e. The minimum Gasteiger partial charge on any atom is -0.458 e. The summed E-state index contributed by atoms with van der Waals surface area (Å²) < 4.78 is 99.3. The van der Waals surface area contributed by atoms with E-state index in [4.69, 9.17) is 23.4 Å². The van der Waals surface area contributed by atoms with Gasteiger partial charge in [0.1, 0.15) is 17.3 Å². The zero-order chi connectivity index (χ0) is 49.4. The standard InChI is InChI=1S/C56H40N4O/c1-2-39-32-33-57-55(34-39)60-51-31-28-43(40-16-6-3-7-17-40)35-50(51)49-30-29-46(37-54(49)60)61-45-23-14-22-44(36-45)58-38-59(53-27-13-12-26-52(53)58)56-47(41-18-8-4-9-19-41)24-15-25-48(56)42-20-10-5-11-21-42/h3-37H,2H2,1H3/i4D,5D,8D,9D,10D,11D,18D,19D,20D,21D. The van der Waals surface area contributed by atoms with Gasteiger partial charge in [-0.2, -0.15) is 0 Å². The van der Waals surface area contributed by atoms with E-state index in [1.807, 2.05) is 91.1 Å². The number of ether oxygens (including phenoxy) is 1. The van der Waals surface area contributed by atoms with Gasteiger partial charge in [-0.1, -0.05) is 152 Å². The summed E-state index contributed by atoms with van der Waals surface area (Å²) in [7, 11) is 0. The summed E-state index contributed by atoms with van der Waals surface area (Å²) in [4.78, 5) is 4.83. The molecule has 0 aliphatic heterocycles. The van der Waals surface area contributed by atoms with Crippen LogP contribution in [0.15, 0.2) is 212 Å². The second kappa shape index (κ2) is 15.3. The lowest BCUT2D eigenvalue weighted by Gasteiger charge is -2.17. The molecule has 11 rings (SSSR count). The van der Waals surface area contributed by atoms with Crippen molar-refractivity contribution >= 4 is 32.8 Å². The molecule has 290 valence electrons. The van der Waals surface area contributed by atoms with E-state index in [-0.39, 0.29) is 27.9 Å². The Bertz CT molecular complexity index is 3840. The molecule has 3 heterocycles. The fourth-order valence-corrected chi connectivity index (χ4v) is 8.12. The maximum atomic E-state index is 9.02. The Kier molecular flexibility index (Phi) is 6.74. The highest BCUT2D eigenvalue weighted by Gasteiger charge is 2.20. The zero-order valence-corrected chi connectivity index (χ0v) is 32.8. The van der Waals surface area contributed by atoms with Gasteiger partial charge in [0, 0.05) is 23.0 Å². The van der Waals surface area contributed by atoms with Gasteiger partial charge in [0.2, 0.25) is 0 Å². The number of imidazole rings is 1. The van der Waals surface area contributed by atoms with E-state index in [0.717, 1.165) is 50.7 Å². The molecule has 0 amide bonds. The van der Waals surface area contributed by atoms with E-state index in [9.17, 15) is 0 Å². The predicted octanol–water partition coefficient (Wildman–Crippen LogP) is 13.6. The molecule has 0 radical (unpaired) electrons. The van der Waals surface area contributed by atoms with Crippen LogP contribution in [0.1, 0.15) is 26.2 Å². The Morgan fingerprint density at radius 1 is 0.574 bits per heavy atom. The van der Waals surface area contributed by atoms with Crippen LogP contribution in [0.25, 0.3) is 83.4 Å². The van der Waals surface area contributed by atoms with Crippen LogP contribution >= 0.6 is 0 Å². The molecule has 11 aromatic rings. The van der Waals surface area contributed by atoms with Gasteiger partial charge in [-0.15, -0.1) is 0 Å². The number of hydrogen-bond acceptors (Lipinski definition) is 2. The highest BCUT2D eigenvalue weighted by molar-refractivity contribution is 6.10. The van der Waals surface area contributed by atoms with Crippen molar-refractivity contribution in [3.63, 3.8) is 0 Å². The zero-order valence-electron chi connectivity index (χ0n) is 42.8. The Balaban J connectivity index is 1.07. The molecule has 5 heteroatoms. The van der Waals surface area contributed by atoms with Gasteiger partial charge in [0.05, 0.1) is 47.1 Å². The van der Waals surface area contributed by atoms with E-state index < -0.39 is 60.4 Å². The minimum absolute atomic E-state index is 0.130. The molecule has 0 aliphatic carbocycles. The molecule has 0 fully saturated rings. The van der Waals surface area contributed by atoms with Crippen LogP contribution in [0.2, 0.25) is 0 Å². The Labute approximate surface area is 368 Å². The number of aromatic nitrogens is 4. The van der Waals surface area contributed by atoms with Crippen LogP contribution < -0.4 is 9.30 Å². The molecule has 0 saturated carbocycles. The molecule has 0 N–H and O–H groups in total. The van der Waals surface area contributed by atoms with Gasteiger partial charge in [0.25, 0.3) is 6.33 Å². The van der Waals surface area contributed by atoms with Crippen molar-refractivity contribution < 1.29 is 23.0 Å². The lowest BCUT2D eigenvalue weighted by molar-refractivity contribution is -0.571. The first-order valence-electron chi connectivity index (χ1n) is 24.9. The normalized spacial score (nSPS) is 13.7.